The van der Waals surface area contributed by atoms with Gasteiger partial charge in [-0.2, -0.15) is 0 Å². The molecule has 1 N–H and O–H groups in total. The van der Waals surface area contributed by atoms with Crippen LogP contribution in [-0.2, 0) is 4.79 Å². The lowest BCUT2D eigenvalue weighted by Gasteiger charge is -2.21. The van der Waals surface area contributed by atoms with Crippen molar-refractivity contribution >= 4 is 17.7 Å². The van der Waals surface area contributed by atoms with E-state index in [0.717, 1.165) is 21.8 Å². The minimum absolute atomic E-state index is 0.277. The summed E-state index contributed by atoms with van der Waals surface area (Å²) >= 11 is 0. The number of ether oxygens (including phenoxy) is 1. The van der Waals surface area contributed by atoms with Gasteiger partial charge >= 0.3 is 0 Å². The molecule has 1 aliphatic heterocycles. The van der Waals surface area contributed by atoms with Crippen LogP contribution in [0.1, 0.15) is 38.8 Å². The number of aryl methyl sites for hydroxylation is 2. The number of hydrogen-bond donors (Lipinski definition) is 1. The van der Waals surface area contributed by atoms with Gasteiger partial charge in [0.05, 0.1) is 17.7 Å². The molecule has 3 amide bonds. The van der Waals surface area contributed by atoms with Crippen LogP contribution in [0, 0.1) is 13.8 Å². The summed E-state index contributed by atoms with van der Waals surface area (Å²) in [7, 11) is 0. The number of amides is 3. The SMILES string of the molecule is Cc1ccc(OCCNC(=O)[C@@H](C)N2C(=O)c3ccccc3C2=O)c(C)c1. The van der Waals surface area contributed by atoms with Crippen LogP contribution in [-0.4, -0.2) is 41.8 Å². The Hall–Kier alpha value is -3.15. The summed E-state index contributed by atoms with van der Waals surface area (Å²) in [5, 5.41) is 2.72. The highest BCUT2D eigenvalue weighted by atomic mass is 16.5. The van der Waals surface area contributed by atoms with E-state index in [-0.39, 0.29) is 6.54 Å². The molecule has 3 rings (SSSR count). The zero-order valence-corrected chi connectivity index (χ0v) is 15.6. The van der Waals surface area contributed by atoms with Gasteiger partial charge < -0.3 is 10.1 Å². The number of carbonyl (C=O) groups excluding carboxylic acids is 3. The molecule has 1 atom stereocenters. The molecule has 0 bridgehead atoms. The van der Waals surface area contributed by atoms with Crippen molar-refractivity contribution in [3.8, 4) is 5.75 Å². The quantitative estimate of drug-likeness (QED) is 0.629. The first-order valence-corrected chi connectivity index (χ1v) is 8.85. The zero-order valence-electron chi connectivity index (χ0n) is 15.6. The molecule has 0 saturated carbocycles. The Kier molecular flexibility index (Phi) is 5.26. The second kappa shape index (κ2) is 7.61. The van der Waals surface area contributed by atoms with E-state index in [1.165, 1.54) is 0 Å². The molecule has 1 aliphatic rings. The minimum Gasteiger partial charge on any atom is -0.491 e. The van der Waals surface area contributed by atoms with E-state index in [4.69, 9.17) is 4.74 Å². The summed E-state index contributed by atoms with van der Waals surface area (Å²) in [5.41, 5.74) is 2.85. The number of hydrogen-bond acceptors (Lipinski definition) is 4. The third-order valence-corrected chi connectivity index (χ3v) is 4.58. The van der Waals surface area contributed by atoms with Gasteiger partial charge in [-0.15, -0.1) is 0 Å². The van der Waals surface area contributed by atoms with Crippen LogP contribution >= 0.6 is 0 Å². The van der Waals surface area contributed by atoms with E-state index in [1.807, 2.05) is 32.0 Å². The Bertz CT molecular complexity index is 872. The maximum atomic E-state index is 12.4. The molecule has 0 aliphatic carbocycles. The zero-order chi connectivity index (χ0) is 19.6. The lowest BCUT2D eigenvalue weighted by Crippen LogP contribution is -2.48. The molecule has 27 heavy (non-hydrogen) atoms. The van der Waals surface area contributed by atoms with Gasteiger partial charge in [0.2, 0.25) is 5.91 Å². The molecule has 0 saturated heterocycles. The van der Waals surface area contributed by atoms with Crippen molar-refractivity contribution in [1.29, 1.82) is 0 Å². The minimum atomic E-state index is -0.890. The summed E-state index contributed by atoms with van der Waals surface area (Å²) in [4.78, 5) is 38.3. The van der Waals surface area contributed by atoms with Crippen molar-refractivity contribution in [2.45, 2.75) is 26.8 Å². The first-order valence-electron chi connectivity index (χ1n) is 8.85. The second-order valence-corrected chi connectivity index (χ2v) is 6.61. The number of nitrogens with zero attached hydrogens (tertiary/aromatic N) is 1. The van der Waals surface area contributed by atoms with Crippen LogP contribution in [0.4, 0.5) is 0 Å². The van der Waals surface area contributed by atoms with Gasteiger partial charge in [-0.1, -0.05) is 29.8 Å². The van der Waals surface area contributed by atoms with Gasteiger partial charge in [-0.3, -0.25) is 19.3 Å². The van der Waals surface area contributed by atoms with Gasteiger partial charge in [0.25, 0.3) is 11.8 Å². The third kappa shape index (κ3) is 3.69. The molecule has 0 unspecified atom stereocenters. The molecule has 6 heteroatoms. The molecule has 0 radical (unpaired) electrons. The van der Waals surface area contributed by atoms with Crippen molar-refractivity contribution in [3.63, 3.8) is 0 Å². The number of fused-ring (bicyclic) bond motifs is 1. The summed E-state index contributed by atoms with van der Waals surface area (Å²) < 4.78 is 5.68. The summed E-state index contributed by atoms with van der Waals surface area (Å²) in [6.45, 7) is 6.09. The molecule has 140 valence electrons. The van der Waals surface area contributed by atoms with Crippen LogP contribution < -0.4 is 10.1 Å². The molecule has 0 spiro atoms. The highest BCUT2D eigenvalue weighted by Gasteiger charge is 2.40. The number of carbonyl (C=O) groups is 3. The number of benzene rings is 2. The summed E-state index contributed by atoms with van der Waals surface area (Å²) in [5.74, 6) is -0.508. The highest BCUT2D eigenvalue weighted by Crippen LogP contribution is 2.24. The van der Waals surface area contributed by atoms with Gasteiger partial charge in [-0.05, 0) is 44.5 Å². The fourth-order valence-electron chi connectivity index (χ4n) is 3.12. The Labute approximate surface area is 158 Å². The smallest absolute Gasteiger partial charge is 0.262 e. The molecule has 2 aromatic rings. The lowest BCUT2D eigenvalue weighted by molar-refractivity contribution is -0.124. The third-order valence-electron chi connectivity index (χ3n) is 4.58. The second-order valence-electron chi connectivity index (χ2n) is 6.61. The number of rotatable bonds is 6. The normalized spacial score (nSPS) is 14.1. The molecule has 1 heterocycles. The van der Waals surface area contributed by atoms with Crippen LogP contribution in [0.25, 0.3) is 0 Å². The predicted molar refractivity (Wildman–Crippen MR) is 101 cm³/mol. The first kappa shape index (κ1) is 18.6. The number of imide groups is 1. The molecule has 6 nitrogen and oxygen atoms in total. The van der Waals surface area contributed by atoms with Crippen LogP contribution in [0.5, 0.6) is 5.75 Å². The number of nitrogens with one attached hydrogen (secondary N) is 1. The van der Waals surface area contributed by atoms with E-state index in [1.54, 1.807) is 31.2 Å². The van der Waals surface area contributed by atoms with Crippen LogP contribution in [0.15, 0.2) is 42.5 Å². The average molecular weight is 366 g/mol. The molecular formula is C21H22N2O4. The summed E-state index contributed by atoms with van der Waals surface area (Å²) in [6.07, 6.45) is 0. The maximum absolute atomic E-state index is 12.4. The molecule has 2 aromatic carbocycles. The molecule has 0 fully saturated rings. The maximum Gasteiger partial charge on any atom is 0.262 e. The standard InChI is InChI=1S/C21H22N2O4/c1-13-8-9-18(14(2)12-13)27-11-10-22-19(24)15(3)23-20(25)16-6-4-5-7-17(16)21(23)26/h4-9,12,15H,10-11H2,1-3H3,(H,22,24)/t15-/m1/s1. The van der Waals surface area contributed by atoms with Crippen molar-refractivity contribution in [2.24, 2.45) is 0 Å². The van der Waals surface area contributed by atoms with Crippen molar-refractivity contribution in [1.82, 2.24) is 10.2 Å². The van der Waals surface area contributed by atoms with Gasteiger partial charge in [0.1, 0.15) is 18.4 Å². The van der Waals surface area contributed by atoms with Crippen LogP contribution in [0.3, 0.4) is 0 Å². The topological polar surface area (TPSA) is 75.7 Å². The predicted octanol–water partition coefficient (Wildman–Crippen LogP) is 2.48. The van der Waals surface area contributed by atoms with Gasteiger partial charge in [-0.25, -0.2) is 0 Å². The summed E-state index contributed by atoms with van der Waals surface area (Å²) in [6, 6.07) is 11.6. The Morgan fingerprint density at radius 1 is 1.07 bits per heavy atom. The van der Waals surface area contributed by atoms with E-state index < -0.39 is 23.8 Å². The molecular weight excluding hydrogens is 344 g/mol. The largest absolute Gasteiger partial charge is 0.491 e. The van der Waals surface area contributed by atoms with Crippen molar-refractivity contribution < 1.29 is 19.1 Å². The highest BCUT2D eigenvalue weighted by molar-refractivity contribution is 6.22. The van der Waals surface area contributed by atoms with Crippen LogP contribution in [0.2, 0.25) is 0 Å². The van der Waals surface area contributed by atoms with Crippen molar-refractivity contribution in [3.05, 3.63) is 64.7 Å². The average Bonchev–Trinajstić information content (AvgIpc) is 2.90. The fourth-order valence-corrected chi connectivity index (χ4v) is 3.12. The first-order chi connectivity index (χ1) is 12.9. The van der Waals surface area contributed by atoms with Gasteiger partial charge in [0, 0.05) is 0 Å². The molecule has 0 aromatic heterocycles. The van der Waals surface area contributed by atoms with E-state index in [0.29, 0.717) is 17.7 Å². The fraction of sp³-hybridized carbons (Fsp3) is 0.286. The Morgan fingerprint density at radius 2 is 1.70 bits per heavy atom. The van der Waals surface area contributed by atoms with Crippen molar-refractivity contribution in [2.75, 3.05) is 13.2 Å². The lowest BCUT2D eigenvalue weighted by atomic mass is 10.1. The Balaban J connectivity index is 1.54. The van der Waals surface area contributed by atoms with E-state index in [9.17, 15) is 14.4 Å². The Morgan fingerprint density at radius 3 is 2.30 bits per heavy atom. The van der Waals surface area contributed by atoms with E-state index >= 15 is 0 Å². The van der Waals surface area contributed by atoms with E-state index in [2.05, 4.69) is 5.32 Å². The van der Waals surface area contributed by atoms with Gasteiger partial charge in [0.15, 0.2) is 0 Å². The monoisotopic (exact) mass is 366 g/mol.